The molecule has 0 aliphatic carbocycles. The lowest BCUT2D eigenvalue weighted by molar-refractivity contribution is -0.125. The number of allylic oxidation sites excluding steroid dienone is 1. The van der Waals surface area contributed by atoms with Crippen LogP contribution < -0.4 is 0 Å². The molecule has 2 saturated heterocycles. The summed E-state index contributed by atoms with van der Waals surface area (Å²) >= 11 is 12.7. The van der Waals surface area contributed by atoms with Gasteiger partial charge < -0.3 is 4.74 Å². The quantitative estimate of drug-likeness (QED) is 0.443. The molecule has 0 bridgehead atoms. The van der Waals surface area contributed by atoms with Crippen LogP contribution in [0, 0.1) is 11.3 Å². The van der Waals surface area contributed by atoms with Gasteiger partial charge in [0.25, 0.3) is 0 Å². The Morgan fingerprint density at radius 2 is 1.87 bits per heavy atom. The predicted octanol–water partition coefficient (Wildman–Crippen LogP) is 7.49. The number of rotatable bonds is 5. The van der Waals surface area contributed by atoms with E-state index in [9.17, 15) is 0 Å². The zero-order valence-corrected chi connectivity index (χ0v) is 19.5. The first-order valence-corrected chi connectivity index (χ1v) is 11.6. The minimum Gasteiger partial charge on any atom is -0.361 e. The van der Waals surface area contributed by atoms with Crippen molar-refractivity contribution in [2.75, 3.05) is 6.61 Å². The number of nitrogens with zero attached hydrogens (tertiary/aromatic N) is 1. The number of hydrogen-bond acceptors (Lipinski definition) is 2. The third kappa shape index (κ3) is 3.96. The first-order chi connectivity index (χ1) is 14.3. The monoisotopic (exact) mass is 443 g/mol. The largest absolute Gasteiger partial charge is 0.361 e. The molecule has 2 nitrogen and oxygen atoms in total. The van der Waals surface area contributed by atoms with Crippen molar-refractivity contribution in [3.05, 3.63) is 82.4 Å². The molecule has 4 heteroatoms. The van der Waals surface area contributed by atoms with Gasteiger partial charge in [-0.1, -0.05) is 74.3 Å². The highest BCUT2D eigenvalue weighted by molar-refractivity contribution is 6.30. The maximum Gasteiger partial charge on any atom is 0.117 e. The van der Waals surface area contributed by atoms with Gasteiger partial charge in [-0.2, -0.15) is 0 Å². The van der Waals surface area contributed by atoms with E-state index < -0.39 is 0 Å². The van der Waals surface area contributed by atoms with E-state index in [0.29, 0.717) is 17.9 Å². The molecule has 4 rings (SSSR count). The molecule has 0 amide bonds. The Kier molecular flexibility index (Phi) is 6.33. The number of benzene rings is 2. The Morgan fingerprint density at radius 1 is 1.13 bits per heavy atom. The fourth-order valence-corrected chi connectivity index (χ4v) is 5.85. The Hall–Kier alpha value is -1.32. The van der Waals surface area contributed by atoms with Gasteiger partial charge in [-0.15, -0.1) is 6.58 Å². The summed E-state index contributed by atoms with van der Waals surface area (Å²) in [6.45, 7) is 11.8. The van der Waals surface area contributed by atoms with E-state index in [1.165, 1.54) is 11.1 Å². The summed E-state index contributed by atoms with van der Waals surface area (Å²) in [6, 6.07) is 17.3. The Morgan fingerprint density at radius 3 is 2.50 bits per heavy atom. The minimum atomic E-state index is -0.0126. The number of hydrogen-bond donors (Lipinski definition) is 0. The van der Waals surface area contributed by atoms with Crippen molar-refractivity contribution in [1.29, 1.82) is 0 Å². The van der Waals surface area contributed by atoms with Crippen molar-refractivity contribution in [3.8, 4) is 0 Å². The highest BCUT2D eigenvalue weighted by Gasteiger charge is 2.55. The van der Waals surface area contributed by atoms with Crippen LogP contribution in [0.1, 0.15) is 56.7 Å². The molecule has 30 heavy (non-hydrogen) atoms. The summed E-state index contributed by atoms with van der Waals surface area (Å²) in [5, 5.41) is 1.55. The molecule has 0 radical (unpaired) electrons. The molecule has 2 aliphatic heterocycles. The average Bonchev–Trinajstić information content (AvgIpc) is 3.15. The molecular weight excluding hydrogens is 413 g/mol. The van der Waals surface area contributed by atoms with Crippen LogP contribution in [-0.2, 0) is 4.74 Å². The molecule has 2 fully saturated rings. The first-order valence-electron chi connectivity index (χ1n) is 10.8. The van der Waals surface area contributed by atoms with E-state index in [4.69, 9.17) is 27.9 Å². The molecule has 0 aromatic heterocycles. The highest BCUT2D eigenvalue weighted by Crippen LogP contribution is 2.56. The number of ether oxygens (including phenoxy) is 1. The van der Waals surface area contributed by atoms with Gasteiger partial charge in [0.15, 0.2) is 0 Å². The van der Waals surface area contributed by atoms with E-state index in [0.717, 1.165) is 29.5 Å². The van der Waals surface area contributed by atoms with Crippen molar-refractivity contribution in [1.82, 2.24) is 4.90 Å². The summed E-state index contributed by atoms with van der Waals surface area (Å²) in [5.74, 6) is 0.796. The standard InChI is InChI=1S/C26H31Cl2NO/c1-5-13-26(4)15-22(19-7-6-8-21(28)14-19)24(18-9-11-20(27)12-10-18)29-23(17(2)3)16-30-25(26)29/h5-12,14,17,22-25H,1,13,15-16H2,2-4H3. The van der Waals surface area contributed by atoms with Crippen molar-refractivity contribution >= 4 is 23.2 Å². The Labute approximate surface area is 190 Å². The number of fused-ring (bicyclic) bond motifs is 1. The van der Waals surface area contributed by atoms with Crippen LogP contribution in [0.2, 0.25) is 10.0 Å². The van der Waals surface area contributed by atoms with Gasteiger partial charge in [-0.05, 0) is 54.2 Å². The van der Waals surface area contributed by atoms with Gasteiger partial charge in [-0.25, -0.2) is 0 Å². The summed E-state index contributed by atoms with van der Waals surface area (Å²) in [7, 11) is 0. The second-order valence-corrected chi connectivity index (χ2v) is 10.3. The third-order valence-corrected chi connectivity index (χ3v) is 7.42. The number of halogens is 2. The van der Waals surface area contributed by atoms with Crippen molar-refractivity contribution in [3.63, 3.8) is 0 Å². The van der Waals surface area contributed by atoms with E-state index in [-0.39, 0.29) is 17.7 Å². The van der Waals surface area contributed by atoms with Crippen LogP contribution >= 0.6 is 23.2 Å². The second-order valence-electron chi connectivity index (χ2n) is 9.45. The molecule has 2 aromatic rings. The molecule has 2 aromatic carbocycles. The van der Waals surface area contributed by atoms with Crippen LogP contribution in [-0.4, -0.2) is 23.8 Å². The normalized spacial score (nSPS) is 31.7. The zero-order valence-electron chi connectivity index (χ0n) is 18.0. The van der Waals surface area contributed by atoms with Crippen molar-refractivity contribution < 1.29 is 4.74 Å². The maximum absolute atomic E-state index is 6.51. The molecule has 2 heterocycles. The number of piperidine rings is 1. The maximum atomic E-state index is 6.51. The zero-order chi connectivity index (χ0) is 21.5. The molecule has 2 aliphatic rings. The van der Waals surface area contributed by atoms with E-state index in [1.807, 2.05) is 24.3 Å². The molecule has 5 atom stereocenters. The lowest BCUT2D eigenvalue weighted by Gasteiger charge is -2.53. The minimum absolute atomic E-state index is 0.0126. The second kappa shape index (κ2) is 8.67. The van der Waals surface area contributed by atoms with Gasteiger partial charge in [-0.3, -0.25) is 4.90 Å². The van der Waals surface area contributed by atoms with Crippen LogP contribution in [0.25, 0.3) is 0 Å². The fraction of sp³-hybridized carbons (Fsp3) is 0.462. The predicted molar refractivity (Wildman–Crippen MR) is 126 cm³/mol. The molecular formula is C26H31Cl2NO. The molecule has 0 N–H and O–H groups in total. The van der Waals surface area contributed by atoms with Gasteiger partial charge in [0.05, 0.1) is 6.61 Å². The summed E-state index contributed by atoms with van der Waals surface area (Å²) in [5.41, 5.74) is 2.55. The van der Waals surface area contributed by atoms with Crippen molar-refractivity contribution in [2.24, 2.45) is 11.3 Å². The van der Waals surface area contributed by atoms with Gasteiger partial charge in [0.2, 0.25) is 0 Å². The SMILES string of the molecule is C=CCC1(C)CC(c2cccc(Cl)c2)C(c2ccc(Cl)cc2)N2C(C(C)C)COC21. The summed E-state index contributed by atoms with van der Waals surface area (Å²) in [4.78, 5) is 2.65. The Balaban J connectivity index is 1.88. The van der Waals surface area contributed by atoms with E-state index in [2.05, 4.69) is 62.6 Å². The van der Waals surface area contributed by atoms with Gasteiger partial charge >= 0.3 is 0 Å². The van der Waals surface area contributed by atoms with Gasteiger partial charge in [0, 0.05) is 33.5 Å². The van der Waals surface area contributed by atoms with Crippen molar-refractivity contribution in [2.45, 2.75) is 57.8 Å². The smallest absolute Gasteiger partial charge is 0.117 e. The lowest BCUT2D eigenvalue weighted by Crippen LogP contribution is -2.55. The highest BCUT2D eigenvalue weighted by atomic mass is 35.5. The van der Waals surface area contributed by atoms with E-state index in [1.54, 1.807) is 0 Å². The average molecular weight is 444 g/mol. The van der Waals surface area contributed by atoms with E-state index >= 15 is 0 Å². The molecule has 0 spiro atoms. The van der Waals surface area contributed by atoms with Crippen LogP contribution in [0.3, 0.4) is 0 Å². The molecule has 160 valence electrons. The first kappa shape index (κ1) is 21.9. The molecule has 0 saturated carbocycles. The molecule has 5 unspecified atom stereocenters. The third-order valence-electron chi connectivity index (χ3n) is 6.93. The lowest BCUT2D eigenvalue weighted by atomic mass is 9.66. The summed E-state index contributed by atoms with van der Waals surface area (Å²) < 4.78 is 6.51. The fourth-order valence-electron chi connectivity index (χ4n) is 5.52. The van der Waals surface area contributed by atoms with Crippen LogP contribution in [0.15, 0.2) is 61.2 Å². The topological polar surface area (TPSA) is 12.5 Å². The van der Waals surface area contributed by atoms with Crippen LogP contribution in [0.4, 0.5) is 0 Å². The Bertz CT molecular complexity index is 896. The van der Waals surface area contributed by atoms with Crippen LogP contribution in [0.5, 0.6) is 0 Å². The summed E-state index contributed by atoms with van der Waals surface area (Å²) in [6.07, 6.45) is 4.04. The van der Waals surface area contributed by atoms with Gasteiger partial charge in [0.1, 0.15) is 6.23 Å².